The van der Waals surface area contributed by atoms with E-state index in [0.717, 1.165) is 22.4 Å². The van der Waals surface area contributed by atoms with Crippen LogP contribution in [0.15, 0.2) is 48.5 Å². The van der Waals surface area contributed by atoms with Gasteiger partial charge in [-0.3, -0.25) is 4.79 Å². The topological polar surface area (TPSA) is 55.1 Å². The number of amides is 1. The molecule has 0 aliphatic heterocycles. The van der Waals surface area contributed by atoms with Crippen molar-refractivity contribution in [1.29, 1.82) is 0 Å². The minimum Gasteiger partial charge on any atom is -0.393 e. The van der Waals surface area contributed by atoms with Crippen LogP contribution in [0, 0.1) is 6.92 Å². The molecule has 2 aromatic carbocycles. The van der Waals surface area contributed by atoms with Crippen LogP contribution in [0.1, 0.15) is 16.7 Å². The van der Waals surface area contributed by atoms with E-state index in [2.05, 4.69) is 5.32 Å². The van der Waals surface area contributed by atoms with Gasteiger partial charge in [-0.2, -0.15) is 0 Å². The molecule has 0 fully saturated rings. The average Bonchev–Trinajstić information content (AvgIpc) is 2.40. The van der Waals surface area contributed by atoms with Gasteiger partial charge in [0, 0.05) is 12.1 Å². The van der Waals surface area contributed by atoms with Crippen LogP contribution in [0.2, 0.25) is 0 Å². The zero-order valence-corrected chi connectivity index (χ0v) is 12.7. The van der Waals surface area contributed by atoms with E-state index in [1.54, 1.807) is 0 Å². The molecular formula is C17H18N2OS. The summed E-state index contributed by atoms with van der Waals surface area (Å²) >= 11 is 4.87. The third kappa shape index (κ3) is 5.00. The summed E-state index contributed by atoms with van der Waals surface area (Å²) in [4.78, 5) is 12.5. The van der Waals surface area contributed by atoms with Crippen LogP contribution in [0.4, 0.5) is 5.69 Å². The zero-order valence-electron chi connectivity index (χ0n) is 11.9. The molecule has 0 saturated heterocycles. The first kappa shape index (κ1) is 15.2. The normalized spacial score (nSPS) is 10.1. The highest BCUT2D eigenvalue weighted by atomic mass is 32.1. The lowest BCUT2D eigenvalue weighted by Gasteiger charge is -2.07. The van der Waals surface area contributed by atoms with Crippen molar-refractivity contribution in [3.05, 3.63) is 65.2 Å². The number of nitrogens with one attached hydrogen (secondary N) is 1. The number of thiocarbonyl (C=S) groups is 1. The number of benzene rings is 2. The van der Waals surface area contributed by atoms with Crippen LogP contribution in [-0.2, 0) is 17.6 Å². The van der Waals surface area contributed by atoms with Crippen LogP contribution in [0.5, 0.6) is 0 Å². The standard InChI is InChI=1S/C17H18N2OS/c1-12-3-2-4-14(9-12)11-17(20)19-15-7-5-13(6-8-15)10-16(18)21/h2-9H,10-11H2,1H3,(H2,18,21)(H,19,20). The van der Waals surface area contributed by atoms with E-state index in [4.69, 9.17) is 18.0 Å². The Morgan fingerprint density at radius 2 is 1.81 bits per heavy atom. The van der Waals surface area contributed by atoms with Crippen molar-refractivity contribution in [2.45, 2.75) is 19.8 Å². The predicted molar refractivity (Wildman–Crippen MR) is 90.4 cm³/mol. The highest BCUT2D eigenvalue weighted by Gasteiger charge is 2.04. The van der Waals surface area contributed by atoms with E-state index >= 15 is 0 Å². The highest BCUT2D eigenvalue weighted by molar-refractivity contribution is 7.80. The number of hydrogen-bond acceptors (Lipinski definition) is 2. The molecule has 2 rings (SSSR count). The van der Waals surface area contributed by atoms with Gasteiger partial charge in [0.15, 0.2) is 0 Å². The molecule has 21 heavy (non-hydrogen) atoms. The molecule has 1 amide bonds. The van der Waals surface area contributed by atoms with E-state index < -0.39 is 0 Å². The second-order valence-corrected chi connectivity index (χ2v) is 5.58. The molecule has 0 saturated carbocycles. The Morgan fingerprint density at radius 1 is 1.10 bits per heavy atom. The van der Waals surface area contributed by atoms with Gasteiger partial charge in [0.1, 0.15) is 0 Å². The van der Waals surface area contributed by atoms with E-state index in [1.165, 1.54) is 0 Å². The minimum atomic E-state index is -0.0253. The summed E-state index contributed by atoms with van der Waals surface area (Å²) in [7, 11) is 0. The van der Waals surface area contributed by atoms with Gasteiger partial charge in [-0.15, -0.1) is 0 Å². The Morgan fingerprint density at radius 3 is 2.43 bits per heavy atom. The minimum absolute atomic E-state index is 0.0253. The molecule has 3 N–H and O–H groups in total. The summed E-state index contributed by atoms with van der Waals surface area (Å²) in [6.45, 7) is 2.02. The summed E-state index contributed by atoms with van der Waals surface area (Å²) in [6, 6.07) is 15.5. The van der Waals surface area contributed by atoms with E-state index in [1.807, 2.05) is 55.5 Å². The van der Waals surface area contributed by atoms with E-state index in [9.17, 15) is 4.79 Å². The smallest absolute Gasteiger partial charge is 0.228 e. The molecule has 0 bridgehead atoms. The highest BCUT2D eigenvalue weighted by Crippen LogP contribution is 2.11. The van der Waals surface area contributed by atoms with Gasteiger partial charge in [0.25, 0.3) is 0 Å². The number of carbonyl (C=O) groups is 1. The largest absolute Gasteiger partial charge is 0.393 e. The van der Waals surface area contributed by atoms with Crippen molar-refractivity contribution >= 4 is 28.8 Å². The summed E-state index contributed by atoms with van der Waals surface area (Å²) in [5, 5.41) is 2.89. The summed E-state index contributed by atoms with van der Waals surface area (Å²) in [5.41, 5.74) is 9.49. The lowest BCUT2D eigenvalue weighted by atomic mass is 10.1. The lowest BCUT2D eigenvalue weighted by molar-refractivity contribution is -0.115. The molecule has 0 aromatic heterocycles. The van der Waals surface area contributed by atoms with Crippen LogP contribution in [0.3, 0.4) is 0 Å². The van der Waals surface area contributed by atoms with Gasteiger partial charge in [-0.05, 0) is 30.2 Å². The predicted octanol–water partition coefficient (Wildman–Crippen LogP) is 3.00. The molecule has 108 valence electrons. The number of rotatable bonds is 5. The van der Waals surface area contributed by atoms with Gasteiger partial charge in [0.05, 0.1) is 11.4 Å². The maximum atomic E-state index is 12.0. The quantitative estimate of drug-likeness (QED) is 0.834. The fourth-order valence-corrected chi connectivity index (χ4v) is 2.29. The van der Waals surface area contributed by atoms with Gasteiger partial charge in [-0.1, -0.05) is 54.2 Å². The molecule has 0 radical (unpaired) electrons. The van der Waals surface area contributed by atoms with Gasteiger partial charge < -0.3 is 11.1 Å². The van der Waals surface area contributed by atoms with Crippen molar-refractivity contribution in [2.75, 3.05) is 5.32 Å². The fourth-order valence-electron chi connectivity index (χ4n) is 2.12. The Hall–Kier alpha value is -2.20. The number of aryl methyl sites for hydroxylation is 1. The van der Waals surface area contributed by atoms with Crippen LogP contribution < -0.4 is 11.1 Å². The van der Waals surface area contributed by atoms with Crippen molar-refractivity contribution < 1.29 is 4.79 Å². The molecule has 2 aromatic rings. The first-order chi connectivity index (χ1) is 10.0. The van der Waals surface area contributed by atoms with Crippen molar-refractivity contribution in [3.63, 3.8) is 0 Å². The monoisotopic (exact) mass is 298 g/mol. The van der Waals surface area contributed by atoms with Crippen molar-refractivity contribution in [2.24, 2.45) is 5.73 Å². The molecule has 0 aliphatic carbocycles. The molecular weight excluding hydrogens is 280 g/mol. The number of nitrogens with two attached hydrogens (primary N) is 1. The van der Waals surface area contributed by atoms with Gasteiger partial charge >= 0.3 is 0 Å². The van der Waals surface area contributed by atoms with E-state index in [-0.39, 0.29) is 5.91 Å². The first-order valence-electron chi connectivity index (χ1n) is 6.75. The maximum Gasteiger partial charge on any atom is 0.228 e. The molecule has 0 spiro atoms. The third-order valence-corrected chi connectivity index (χ3v) is 3.21. The second-order valence-electron chi connectivity index (χ2n) is 5.05. The maximum absolute atomic E-state index is 12.0. The number of carbonyl (C=O) groups excluding carboxylic acids is 1. The van der Waals surface area contributed by atoms with Gasteiger partial charge in [0.2, 0.25) is 5.91 Å². The third-order valence-electron chi connectivity index (χ3n) is 3.06. The first-order valence-corrected chi connectivity index (χ1v) is 7.16. The molecule has 0 unspecified atom stereocenters. The Kier molecular flexibility index (Phi) is 5.06. The van der Waals surface area contributed by atoms with Gasteiger partial charge in [-0.25, -0.2) is 0 Å². The van der Waals surface area contributed by atoms with Crippen LogP contribution >= 0.6 is 12.2 Å². The lowest BCUT2D eigenvalue weighted by Crippen LogP contribution is -2.14. The Labute approximate surface area is 130 Å². The number of hydrogen-bond donors (Lipinski definition) is 2. The molecule has 3 nitrogen and oxygen atoms in total. The average molecular weight is 298 g/mol. The molecule has 0 heterocycles. The number of anilines is 1. The molecule has 0 aliphatic rings. The summed E-state index contributed by atoms with van der Waals surface area (Å²) < 4.78 is 0. The SMILES string of the molecule is Cc1cccc(CC(=O)Nc2ccc(CC(N)=S)cc2)c1. The van der Waals surface area contributed by atoms with Crippen LogP contribution in [0.25, 0.3) is 0 Å². The fraction of sp³-hybridized carbons (Fsp3) is 0.176. The molecule has 4 heteroatoms. The van der Waals surface area contributed by atoms with Crippen molar-refractivity contribution in [3.8, 4) is 0 Å². The second kappa shape index (κ2) is 6.99. The molecule has 0 atom stereocenters. The van der Waals surface area contributed by atoms with E-state index in [0.29, 0.717) is 17.8 Å². The summed E-state index contributed by atoms with van der Waals surface area (Å²) in [5.74, 6) is -0.0253. The Balaban J connectivity index is 1.95. The van der Waals surface area contributed by atoms with Crippen molar-refractivity contribution in [1.82, 2.24) is 0 Å². The zero-order chi connectivity index (χ0) is 15.2. The summed E-state index contributed by atoms with van der Waals surface area (Å²) in [6.07, 6.45) is 0.948. The Bertz CT molecular complexity index is 650. The van der Waals surface area contributed by atoms with Crippen LogP contribution in [-0.4, -0.2) is 10.9 Å².